The monoisotopic (exact) mass is 646 g/mol. The third kappa shape index (κ3) is 71.3. The molecule has 252 valence electrons. The molecule has 0 aromatic rings. The van der Waals surface area contributed by atoms with Gasteiger partial charge in [0.15, 0.2) is 0 Å². The lowest BCUT2D eigenvalue weighted by molar-refractivity contribution is -0.870. The van der Waals surface area contributed by atoms with Crippen LogP contribution >= 0.6 is 0 Å². The first kappa shape index (κ1) is 52.5. The van der Waals surface area contributed by atoms with Crippen molar-refractivity contribution in [3.8, 4) is 12.1 Å². The first-order valence-electron chi connectivity index (χ1n) is 12.3. The second-order valence-electron chi connectivity index (χ2n) is 10.2. The minimum absolute atomic E-state index is 0.0648. The van der Waals surface area contributed by atoms with Gasteiger partial charge < -0.3 is 32.9 Å². The van der Waals surface area contributed by atoms with Gasteiger partial charge in [-0.05, 0) is 26.3 Å². The topological polar surface area (TPSA) is 207 Å². The number of hydrogen-bond donors (Lipinski definition) is 0. The number of nitrogens with zero attached hydrogens (tertiary/aromatic N) is 4. The van der Waals surface area contributed by atoms with Crippen molar-refractivity contribution in [1.29, 1.82) is 10.5 Å². The summed E-state index contributed by atoms with van der Waals surface area (Å²) in [6.45, 7) is 23.5. The van der Waals surface area contributed by atoms with Gasteiger partial charge in [0.2, 0.25) is 10.4 Å². The fourth-order valence-corrected chi connectivity index (χ4v) is 1.07. The van der Waals surface area contributed by atoms with Crippen molar-refractivity contribution in [2.75, 3.05) is 75.7 Å². The molecule has 0 aliphatic rings. The molecule has 0 saturated carbocycles. The Balaban J connectivity index is -0.000000105. The minimum atomic E-state index is -4.41. The predicted molar refractivity (Wildman–Crippen MR) is 165 cm³/mol. The fourth-order valence-electron chi connectivity index (χ4n) is 1.07. The number of carbonyl (C=O) groups excluding carboxylic acids is 3. The van der Waals surface area contributed by atoms with Gasteiger partial charge in [-0.25, -0.2) is 18.0 Å². The Bertz CT molecular complexity index is 1030. The van der Waals surface area contributed by atoms with Gasteiger partial charge in [-0.3, -0.25) is 4.18 Å². The van der Waals surface area contributed by atoms with E-state index in [1.807, 2.05) is 0 Å². The van der Waals surface area contributed by atoms with Crippen LogP contribution in [0.3, 0.4) is 0 Å². The lowest BCUT2D eigenvalue weighted by Gasteiger charge is -2.23. The summed E-state index contributed by atoms with van der Waals surface area (Å²) < 4.78 is 42.5. The average molecular weight is 647 g/mol. The standard InChI is InChI=1S/2C9H18NO2.C4H6O2.2C3H3N.CH4O4S/c2*1-8(2)9(11)12-7-6-10(3,4)5;1-3(2)4(5)6;2*1-2-3-4;1-5-6(2,3)4/h2*1,6-7H2,2-5H3;1H2,2H3,(H,5,6);2*2H,1H2;1H3,(H,2,3,4)/q2*+1;;;;/p-2. The maximum Gasteiger partial charge on any atom is 0.333 e. The van der Waals surface area contributed by atoms with Gasteiger partial charge in [-0.15, -0.1) is 0 Å². The van der Waals surface area contributed by atoms with E-state index >= 15 is 0 Å². The molecule has 44 heavy (non-hydrogen) atoms. The van der Waals surface area contributed by atoms with E-state index in [2.05, 4.69) is 79.4 Å². The summed E-state index contributed by atoms with van der Waals surface area (Å²) in [6, 6.07) is 3.39. The SMILES string of the molecule is C=C(C)C(=O)OCC[N+](C)(C)C.C=C(C)C(=O)OCC[N+](C)(C)C.C=C(C)C(=O)[O-].C=CC#N.C=CC#N.COS(=O)(=O)[O-]. The van der Waals surface area contributed by atoms with E-state index in [0.717, 1.165) is 29.2 Å². The van der Waals surface area contributed by atoms with Gasteiger partial charge in [-0.2, -0.15) is 10.5 Å². The maximum atomic E-state index is 10.9. The van der Waals surface area contributed by atoms with Gasteiger partial charge in [0.1, 0.15) is 26.3 Å². The zero-order valence-electron chi connectivity index (χ0n) is 27.8. The van der Waals surface area contributed by atoms with E-state index < -0.39 is 16.4 Å². The Hall–Kier alpha value is -4.12. The average Bonchev–Trinajstić information content (AvgIpc) is 2.87. The second-order valence-corrected chi connectivity index (χ2v) is 11.3. The van der Waals surface area contributed by atoms with Crippen LogP contribution in [0.25, 0.3) is 0 Å². The molecule has 0 radical (unpaired) electrons. The third-order valence-corrected chi connectivity index (χ3v) is 3.83. The lowest BCUT2D eigenvalue weighted by atomic mass is 10.4. The van der Waals surface area contributed by atoms with Crippen LogP contribution in [0.4, 0.5) is 0 Å². The van der Waals surface area contributed by atoms with E-state index in [9.17, 15) is 32.5 Å². The molecule has 0 bridgehead atoms. The molecule has 0 spiro atoms. The smallest absolute Gasteiger partial charge is 0.333 e. The molecular weight excluding hydrogens is 596 g/mol. The van der Waals surface area contributed by atoms with E-state index in [0.29, 0.717) is 24.4 Å². The number of nitriles is 2. The molecule has 0 atom stereocenters. The normalized spacial score (nSPS) is 9.30. The fraction of sp³-hybridized carbons (Fsp3) is 0.483. The molecular formula is C29H50N4O10S. The summed E-state index contributed by atoms with van der Waals surface area (Å²) in [5, 5.41) is 24.5. The molecule has 0 amide bonds. The number of esters is 2. The molecule has 0 fully saturated rings. The van der Waals surface area contributed by atoms with Crippen molar-refractivity contribution in [2.45, 2.75) is 20.8 Å². The number of hydrogen-bond acceptors (Lipinski definition) is 12. The summed E-state index contributed by atoms with van der Waals surface area (Å²) >= 11 is 0. The van der Waals surface area contributed by atoms with Crippen molar-refractivity contribution >= 4 is 28.3 Å². The first-order valence-corrected chi connectivity index (χ1v) is 13.7. The predicted octanol–water partition coefficient (Wildman–Crippen LogP) is 1.42. The van der Waals surface area contributed by atoms with E-state index in [1.165, 1.54) is 19.1 Å². The highest BCUT2D eigenvalue weighted by Crippen LogP contribution is 1.95. The molecule has 0 aliphatic carbocycles. The zero-order chi connectivity index (χ0) is 36.7. The van der Waals surface area contributed by atoms with Crippen LogP contribution in [-0.2, 0) is 38.4 Å². The Morgan fingerprint density at radius 1 is 0.750 bits per heavy atom. The van der Waals surface area contributed by atoms with Crippen LogP contribution < -0.4 is 5.11 Å². The molecule has 0 rings (SSSR count). The summed E-state index contributed by atoms with van der Waals surface area (Å²) in [5.74, 6) is -1.79. The molecule has 0 aromatic heterocycles. The molecule has 0 aliphatic heterocycles. The van der Waals surface area contributed by atoms with Crippen LogP contribution in [0.2, 0.25) is 0 Å². The molecule has 0 N–H and O–H groups in total. The highest BCUT2D eigenvalue weighted by molar-refractivity contribution is 7.80. The van der Waals surface area contributed by atoms with Crippen LogP contribution in [0.15, 0.2) is 61.8 Å². The third-order valence-electron chi connectivity index (χ3n) is 3.42. The lowest BCUT2D eigenvalue weighted by Crippen LogP contribution is -2.38. The number of carbonyl (C=O) groups is 3. The largest absolute Gasteiger partial charge is 0.726 e. The molecule has 14 nitrogen and oxygen atoms in total. The molecule has 0 aromatic carbocycles. The summed E-state index contributed by atoms with van der Waals surface area (Å²) in [4.78, 5) is 31.3. The second kappa shape index (κ2) is 30.3. The van der Waals surface area contributed by atoms with Gasteiger partial charge >= 0.3 is 11.9 Å². The Morgan fingerprint density at radius 2 is 0.955 bits per heavy atom. The number of allylic oxidation sites excluding steroid dienone is 2. The van der Waals surface area contributed by atoms with Gasteiger partial charge in [0, 0.05) is 23.3 Å². The van der Waals surface area contributed by atoms with Crippen molar-refractivity contribution in [3.05, 3.63) is 61.8 Å². The van der Waals surface area contributed by atoms with Gasteiger partial charge in [-0.1, -0.05) is 32.9 Å². The summed E-state index contributed by atoms with van der Waals surface area (Å²) in [7, 11) is 8.70. The van der Waals surface area contributed by atoms with Gasteiger partial charge in [0.25, 0.3) is 0 Å². The summed E-state index contributed by atoms with van der Waals surface area (Å²) in [5.41, 5.74) is 0.975. The number of likely N-dealkylation sites (N-methyl/N-ethyl adjacent to an activating group) is 2. The van der Waals surface area contributed by atoms with Crippen LogP contribution in [0.1, 0.15) is 20.8 Å². The highest BCUT2D eigenvalue weighted by Gasteiger charge is 2.10. The molecule has 0 unspecified atom stereocenters. The number of rotatable bonds is 10. The van der Waals surface area contributed by atoms with E-state index in [1.54, 1.807) is 26.0 Å². The van der Waals surface area contributed by atoms with Crippen molar-refractivity contribution in [3.63, 3.8) is 0 Å². The minimum Gasteiger partial charge on any atom is -0.726 e. The summed E-state index contributed by atoms with van der Waals surface area (Å²) in [6.07, 6.45) is 2.36. The van der Waals surface area contributed by atoms with Crippen molar-refractivity contribution in [2.24, 2.45) is 0 Å². The molecule has 0 heterocycles. The van der Waals surface area contributed by atoms with Crippen molar-refractivity contribution in [1.82, 2.24) is 0 Å². The van der Waals surface area contributed by atoms with E-state index in [4.69, 9.17) is 20.0 Å². The quantitative estimate of drug-likeness (QED) is 0.0825. The zero-order valence-corrected chi connectivity index (χ0v) is 28.6. The van der Waals surface area contributed by atoms with Gasteiger partial charge in [0.05, 0.1) is 67.5 Å². The first-order chi connectivity index (χ1) is 19.7. The van der Waals surface area contributed by atoms with Crippen molar-refractivity contribution < 1.29 is 55.1 Å². The number of carboxylic acid groups (broad SMARTS) is 1. The Labute approximate surface area is 264 Å². The number of ether oxygens (including phenoxy) is 2. The van der Waals surface area contributed by atoms with Crippen LogP contribution in [-0.4, -0.2) is 116 Å². The molecule has 15 heteroatoms. The number of carboxylic acids is 1. The Kier molecular flexibility index (Phi) is 36.2. The Morgan fingerprint density at radius 3 is 1.05 bits per heavy atom. The maximum absolute atomic E-state index is 10.9. The van der Waals surface area contributed by atoms with Crippen LogP contribution in [0, 0.1) is 22.7 Å². The number of aliphatic carboxylic acids is 1. The van der Waals surface area contributed by atoms with Crippen LogP contribution in [0.5, 0.6) is 0 Å². The number of quaternary nitrogens is 2. The molecule has 0 saturated heterocycles. The van der Waals surface area contributed by atoms with E-state index in [-0.39, 0.29) is 17.5 Å². The highest BCUT2D eigenvalue weighted by atomic mass is 32.3.